The first-order valence-corrected chi connectivity index (χ1v) is 7.97. The topological polar surface area (TPSA) is 64.3 Å². The van der Waals surface area contributed by atoms with Crippen LogP contribution in [0.25, 0.3) is 0 Å². The summed E-state index contributed by atoms with van der Waals surface area (Å²) in [5.74, 6) is -0.0894. The number of nitrogens with two attached hydrogens (primary N) is 1. The molecule has 0 spiro atoms. The number of halogens is 1. The zero-order valence-electron chi connectivity index (χ0n) is 14.7. The quantitative estimate of drug-likeness (QED) is 0.866. The molecule has 2 unspecified atom stereocenters. The van der Waals surface area contributed by atoms with Gasteiger partial charge in [0, 0.05) is 25.0 Å². The Morgan fingerprint density at radius 1 is 1.39 bits per heavy atom. The van der Waals surface area contributed by atoms with Crippen molar-refractivity contribution in [1.82, 2.24) is 5.32 Å². The van der Waals surface area contributed by atoms with Crippen molar-refractivity contribution in [3.63, 3.8) is 0 Å². The summed E-state index contributed by atoms with van der Waals surface area (Å²) < 4.78 is 5.67. The SMILES string of the molecule is CCOC1CC(N)(C(=O)NCc2ccc(C)cc2C)C1(C)C.Cl. The van der Waals surface area contributed by atoms with Crippen molar-refractivity contribution in [3.05, 3.63) is 34.9 Å². The van der Waals surface area contributed by atoms with E-state index >= 15 is 0 Å². The maximum absolute atomic E-state index is 12.6. The lowest BCUT2D eigenvalue weighted by Crippen LogP contribution is -2.75. The molecule has 1 aromatic carbocycles. The van der Waals surface area contributed by atoms with Crippen LogP contribution in [0.15, 0.2) is 18.2 Å². The standard InChI is InChI=1S/C18H28N2O2.ClH/c1-6-22-15-10-18(19,17(15,4)5)16(21)20-11-14-8-7-12(2)9-13(14)3;/h7-9,15H,6,10-11,19H2,1-5H3,(H,20,21);1H. The van der Waals surface area contributed by atoms with E-state index in [-0.39, 0.29) is 29.8 Å². The number of carbonyl (C=O) groups is 1. The fraction of sp³-hybridized carbons (Fsp3) is 0.611. The molecule has 130 valence electrons. The summed E-state index contributed by atoms with van der Waals surface area (Å²) in [4.78, 5) is 12.6. The Kier molecular flexibility index (Phi) is 6.25. The van der Waals surface area contributed by atoms with E-state index in [1.165, 1.54) is 11.1 Å². The van der Waals surface area contributed by atoms with Crippen molar-refractivity contribution in [2.75, 3.05) is 6.61 Å². The van der Waals surface area contributed by atoms with Gasteiger partial charge in [-0.05, 0) is 31.9 Å². The maximum atomic E-state index is 12.6. The fourth-order valence-corrected chi connectivity index (χ4v) is 3.20. The number of carbonyl (C=O) groups excluding carboxylic acids is 1. The Hall–Kier alpha value is -1.10. The first kappa shape index (κ1) is 19.9. The Morgan fingerprint density at radius 2 is 2.04 bits per heavy atom. The highest BCUT2D eigenvalue weighted by atomic mass is 35.5. The van der Waals surface area contributed by atoms with Crippen molar-refractivity contribution in [2.24, 2.45) is 11.1 Å². The summed E-state index contributed by atoms with van der Waals surface area (Å²) in [7, 11) is 0. The molecule has 4 nitrogen and oxygen atoms in total. The van der Waals surface area contributed by atoms with Crippen LogP contribution in [0.2, 0.25) is 0 Å². The molecule has 0 aliphatic heterocycles. The fourth-order valence-electron chi connectivity index (χ4n) is 3.20. The van der Waals surface area contributed by atoms with E-state index in [2.05, 4.69) is 37.4 Å². The van der Waals surface area contributed by atoms with Crippen LogP contribution < -0.4 is 11.1 Å². The summed E-state index contributed by atoms with van der Waals surface area (Å²) in [6.45, 7) is 11.3. The summed E-state index contributed by atoms with van der Waals surface area (Å²) in [6.07, 6.45) is 0.626. The summed E-state index contributed by atoms with van der Waals surface area (Å²) in [6, 6.07) is 6.24. The van der Waals surface area contributed by atoms with Crippen LogP contribution >= 0.6 is 12.4 Å². The maximum Gasteiger partial charge on any atom is 0.241 e. The zero-order chi connectivity index (χ0) is 16.5. The van der Waals surface area contributed by atoms with E-state index in [1.54, 1.807) is 0 Å². The van der Waals surface area contributed by atoms with Crippen LogP contribution in [0.4, 0.5) is 0 Å². The minimum absolute atomic E-state index is 0. The van der Waals surface area contributed by atoms with Gasteiger partial charge in [-0.2, -0.15) is 0 Å². The van der Waals surface area contributed by atoms with Gasteiger partial charge < -0.3 is 15.8 Å². The van der Waals surface area contributed by atoms with Gasteiger partial charge in [0.15, 0.2) is 0 Å². The molecular weight excluding hydrogens is 312 g/mol. The van der Waals surface area contributed by atoms with Crippen LogP contribution in [0.3, 0.4) is 0 Å². The van der Waals surface area contributed by atoms with Crippen molar-refractivity contribution in [1.29, 1.82) is 0 Å². The van der Waals surface area contributed by atoms with Gasteiger partial charge in [0.05, 0.1) is 6.10 Å². The number of benzene rings is 1. The average Bonchev–Trinajstić information content (AvgIpc) is 2.45. The lowest BCUT2D eigenvalue weighted by Gasteiger charge is -2.57. The predicted octanol–water partition coefficient (Wildman–Crippen LogP) is 2.87. The Bertz CT molecular complexity index is 574. The molecule has 1 amide bonds. The predicted molar refractivity (Wildman–Crippen MR) is 95.7 cm³/mol. The molecule has 0 saturated heterocycles. The van der Waals surface area contributed by atoms with Crippen molar-refractivity contribution in [3.8, 4) is 0 Å². The van der Waals surface area contributed by atoms with E-state index < -0.39 is 5.54 Å². The highest BCUT2D eigenvalue weighted by Gasteiger charge is 2.62. The summed E-state index contributed by atoms with van der Waals surface area (Å²) in [5.41, 5.74) is 8.71. The van der Waals surface area contributed by atoms with Gasteiger partial charge in [-0.25, -0.2) is 0 Å². The molecule has 23 heavy (non-hydrogen) atoms. The van der Waals surface area contributed by atoms with Crippen molar-refractivity contribution in [2.45, 2.75) is 59.2 Å². The van der Waals surface area contributed by atoms with E-state index in [1.807, 2.05) is 20.8 Å². The number of hydrogen-bond acceptors (Lipinski definition) is 3. The van der Waals surface area contributed by atoms with Gasteiger partial charge in [-0.15, -0.1) is 12.4 Å². The van der Waals surface area contributed by atoms with Crippen LogP contribution in [-0.2, 0) is 16.1 Å². The first-order valence-electron chi connectivity index (χ1n) is 7.97. The number of aryl methyl sites for hydroxylation is 2. The number of hydrogen-bond donors (Lipinski definition) is 2. The molecule has 2 rings (SSSR count). The minimum atomic E-state index is -0.856. The van der Waals surface area contributed by atoms with E-state index in [9.17, 15) is 4.79 Å². The van der Waals surface area contributed by atoms with Crippen LogP contribution in [-0.4, -0.2) is 24.2 Å². The summed E-state index contributed by atoms with van der Waals surface area (Å²) >= 11 is 0. The van der Waals surface area contributed by atoms with Gasteiger partial charge in [-0.3, -0.25) is 4.79 Å². The Morgan fingerprint density at radius 3 is 2.57 bits per heavy atom. The molecular formula is C18H29ClN2O2. The van der Waals surface area contributed by atoms with Gasteiger partial charge in [0.2, 0.25) is 5.91 Å². The van der Waals surface area contributed by atoms with Crippen LogP contribution in [0, 0.1) is 19.3 Å². The second-order valence-electron chi connectivity index (χ2n) is 6.95. The van der Waals surface area contributed by atoms with E-state index in [0.717, 1.165) is 5.56 Å². The molecule has 0 radical (unpaired) electrons. The van der Waals surface area contributed by atoms with Crippen molar-refractivity contribution >= 4 is 18.3 Å². The van der Waals surface area contributed by atoms with Crippen LogP contribution in [0.1, 0.15) is 43.9 Å². The number of nitrogens with one attached hydrogen (secondary N) is 1. The molecule has 0 aromatic heterocycles. The van der Waals surface area contributed by atoms with Crippen molar-refractivity contribution < 1.29 is 9.53 Å². The number of rotatable bonds is 5. The van der Waals surface area contributed by atoms with Gasteiger partial charge in [-0.1, -0.05) is 37.6 Å². The summed E-state index contributed by atoms with van der Waals surface area (Å²) in [5, 5.41) is 3.00. The number of ether oxygens (including phenoxy) is 1. The molecule has 1 aliphatic rings. The molecule has 0 bridgehead atoms. The largest absolute Gasteiger partial charge is 0.378 e. The Balaban J connectivity index is 0.00000264. The lowest BCUT2D eigenvalue weighted by molar-refractivity contribution is -0.170. The van der Waals surface area contributed by atoms with E-state index in [4.69, 9.17) is 10.5 Å². The second-order valence-corrected chi connectivity index (χ2v) is 6.95. The molecule has 0 heterocycles. The number of amides is 1. The molecule has 3 N–H and O–H groups in total. The molecule has 1 fully saturated rings. The smallest absolute Gasteiger partial charge is 0.241 e. The third kappa shape index (κ3) is 3.54. The molecule has 1 saturated carbocycles. The molecule has 2 atom stereocenters. The zero-order valence-corrected chi connectivity index (χ0v) is 15.5. The van der Waals surface area contributed by atoms with Gasteiger partial charge in [0.25, 0.3) is 0 Å². The third-order valence-electron chi connectivity index (χ3n) is 5.17. The molecule has 1 aromatic rings. The highest BCUT2D eigenvalue weighted by molar-refractivity contribution is 5.88. The highest BCUT2D eigenvalue weighted by Crippen LogP contribution is 2.49. The molecule has 5 heteroatoms. The average molecular weight is 341 g/mol. The monoisotopic (exact) mass is 340 g/mol. The second kappa shape index (κ2) is 7.20. The minimum Gasteiger partial charge on any atom is -0.378 e. The molecule has 1 aliphatic carbocycles. The first-order chi connectivity index (χ1) is 10.2. The lowest BCUT2D eigenvalue weighted by atomic mass is 9.54. The van der Waals surface area contributed by atoms with Gasteiger partial charge in [0.1, 0.15) is 5.54 Å². The normalized spacial score (nSPS) is 25.2. The third-order valence-corrected chi connectivity index (χ3v) is 5.17. The van der Waals surface area contributed by atoms with Gasteiger partial charge >= 0.3 is 0 Å². The van der Waals surface area contributed by atoms with E-state index in [0.29, 0.717) is 19.6 Å². The Labute approximate surface area is 145 Å². The van der Waals surface area contributed by atoms with Crippen LogP contribution in [0.5, 0.6) is 0 Å².